The maximum atomic E-state index is 10.8. The molecule has 0 heterocycles. The fourth-order valence-corrected chi connectivity index (χ4v) is 2.92. The molecule has 12 heavy (non-hydrogen) atoms. The molecule has 0 aliphatic rings. The first-order valence-corrected chi connectivity index (χ1v) is 7.81. The van der Waals surface area contributed by atoms with Crippen LogP contribution in [0.15, 0.2) is 11.6 Å². The molecule has 0 bridgehead atoms. The molecule has 0 aliphatic heterocycles. The summed E-state index contributed by atoms with van der Waals surface area (Å²) in [7, 11) is 0.327. The van der Waals surface area contributed by atoms with Crippen LogP contribution in [-0.4, -0.2) is 21.2 Å². The molecule has 0 saturated carbocycles. The van der Waals surface area contributed by atoms with Crippen LogP contribution in [0.1, 0.15) is 6.92 Å². The van der Waals surface area contributed by atoms with Crippen LogP contribution in [0.3, 0.4) is 0 Å². The van der Waals surface area contributed by atoms with E-state index in [0.29, 0.717) is 0 Å². The fourth-order valence-electron chi connectivity index (χ4n) is 1.15. The molecule has 0 rings (SSSR count). The van der Waals surface area contributed by atoms with Gasteiger partial charge in [-0.3, -0.25) is 0 Å². The average Bonchev–Trinajstić information content (AvgIpc) is 1.82. The van der Waals surface area contributed by atoms with E-state index in [1.807, 2.05) is 6.92 Å². The van der Waals surface area contributed by atoms with Crippen molar-refractivity contribution in [3.8, 4) is 0 Å². The molecule has 0 fully saturated rings. The SMILES string of the molecule is COC(=O)/C=C(\C)C[Si](C)(C)C. The zero-order chi connectivity index (χ0) is 9.78. The van der Waals surface area contributed by atoms with Gasteiger partial charge in [0.1, 0.15) is 0 Å². The normalized spacial score (nSPS) is 12.9. The Bertz CT molecular complexity index is 189. The quantitative estimate of drug-likeness (QED) is 0.384. The predicted octanol–water partition coefficient (Wildman–Crippen LogP) is 2.44. The molecule has 0 radical (unpaired) electrons. The van der Waals surface area contributed by atoms with Gasteiger partial charge in [0.2, 0.25) is 0 Å². The summed E-state index contributed by atoms with van der Waals surface area (Å²) in [6.45, 7) is 8.82. The van der Waals surface area contributed by atoms with Gasteiger partial charge >= 0.3 is 5.97 Å². The topological polar surface area (TPSA) is 26.3 Å². The summed E-state index contributed by atoms with van der Waals surface area (Å²) in [6.07, 6.45) is 1.58. The Kier molecular flexibility index (Phi) is 4.24. The van der Waals surface area contributed by atoms with Crippen molar-refractivity contribution in [1.29, 1.82) is 0 Å². The Balaban J connectivity index is 4.12. The van der Waals surface area contributed by atoms with Gasteiger partial charge in [0.25, 0.3) is 0 Å². The Hall–Kier alpha value is -0.573. The van der Waals surface area contributed by atoms with Gasteiger partial charge in [-0.05, 0) is 13.0 Å². The number of carbonyl (C=O) groups is 1. The Morgan fingerprint density at radius 1 is 1.42 bits per heavy atom. The van der Waals surface area contributed by atoms with E-state index in [2.05, 4.69) is 24.4 Å². The summed E-state index contributed by atoms with van der Waals surface area (Å²) in [6, 6.07) is 1.06. The number of allylic oxidation sites excluding steroid dienone is 1. The number of rotatable bonds is 3. The smallest absolute Gasteiger partial charge is 0.330 e. The molecule has 0 aromatic heterocycles. The highest BCUT2D eigenvalue weighted by atomic mass is 28.3. The van der Waals surface area contributed by atoms with Crippen molar-refractivity contribution >= 4 is 14.0 Å². The average molecular weight is 186 g/mol. The van der Waals surface area contributed by atoms with Gasteiger partial charge in [-0.2, -0.15) is 0 Å². The summed E-state index contributed by atoms with van der Waals surface area (Å²) in [5.74, 6) is -0.245. The summed E-state index contributed by atoms with van der Waals surface area (Å²) < 4.78 is 4.54. The van der Waals surface area contributed by atoms with Crippen molar-refractivity contribution in [2.75, 3.05) is 7.11 Å². The molecule has 2 nitrogen and oxygen atoms in total. The Morgan fingerprint density at radius 3 is 2.25 bits per heavy atom. The van der Waals surface area contributed by atoms with Crippen molar-refractivity contribution in [2.24, 2.45) is 0 Å². The molecule has 0 aromatic rings. The first-order valence-electron chi connectivity index (χ1n) is 4.10. The van der Waals surface area contributed by atoms with Gasteiger partial charge in [-0.15, -0.1) is 0 Å². The summed E-state index contributed by atoms with van der Waals surface area (Å²) in [4.78, 5) is 10.8. The standard InChI is InChI=1S/C9H18O2Si/c1-8(6-9(10)11-2)7-12(3,4)5/h6H,7H2,1-5H3/b8-6+. The molecule has 0 spiro atoms. The molecule has 0 aliphatic carbocycles. The van der Waals surface area contributed by atoms with Gasteiger partial charge in [-0.1, -0.05) is 25.2 Å². The molecular weight excluding hydrogens is 168 g/mol. The van der Waals surface area contributed by atoms with Crippen LogP contribution in [0.4, 0.5) is 0 Å². The molecule has 70 valence electrons. The molecule has 0 amide bonds. The third-order valence-corrected chi connectivity index (χ3v) is 2.99. The minimum atomic E-state index is -1.08. The fraction of sp³-hybridized carbons (Fsp3) is 0.667. The van der Waals surface area contributed by atoms with Crippen molar-refractivity contribution < 1.29 is 9.53 Å². The number of methoxy groups -OCH3 is 1. The second kappa shape index (κ2) is 4.45. The first-order chi connectivity index (χ1) is 5.35. The third kappa shape index (κ3) is 6.16. The zero-order valence-electron chi connectivity index (χ0n) is 8.60. The second-order valence-electron chi connectivity index (χ2n) is 4.25. The van der Waals surface area contributed by atoms with Gasteiger partial charge in [0, 0.05) is 14.1 Å². The van der Waals surface area contributed by atoms with Crippen LogP contribution in [-0.2, 0) is 9.53 Å². The van der Waals surface area contributed by atoms with Crippen LogP contribution in [0.5, 0.6) is 0 Å². The lowest BCUT2D eigenvalue weighted by Gasteiger charge is -2.15. The van der Waals surface area contributed by atoms with Crippen LogP contribution < -0.4 is 0 Å². The number of carbonyl (C=O) groups excluding carboxylic acids is 1. The van der Waals surface area contributed by atoms with Crippen molar-refractivity contribution in [1.82, 2.24) is 0 Å². The van der Waals surface area contributed by atoms with Crippen molar-refractivity contribution in [3.05, 3.63) is 11.6 Å². The van der Waals surface area contributed by atoms with E-state index < -0.39 is 8.07 Å². The maximum Gasteiger partial charge on any atom is 0.330 e. The highest BCUT2D eigenvalue weighted by molar-refractivity contribution is 6.76. The van der Waals surface area contributed by atoms with Crippen molar-refractivity contribution in [3.63, 3.8) is 0 Å². The largest absolute Gasteiger partial charge is 0.466 e. The molecular formula is C9H18O2Si. The van der Waals surface area contributed by atoms with E-state index in [4.69, 9.17) is 0 Å². The Morgan fingerprint density at radius 2 is 1.92 bits per heavy atom. The lowest BCUT2D eigenvalue weighted by atomic mass is 10.3. The van der Waals surface area contributed by atoms with E-state index in [0.717, 1.165) is 11.6 Å². The molecule has 0 unspecified atom stereocenters. The van der Waals surface area contributed by atoms with Crippen molar-refractivity contribution in [2.45, 2.75) is 32.6 Å². The van der Waals surface area contributed by atoms with Gasteiger partial charge in [0.05, 0.1) is 7.11 Å². The van der Waals surface area contributed by atoms with E-state index in [1.54, 1.807) is 6.08 Å². The number of ether oxygens (including phenoxy) is 1. The highest BCUT2D eigenvalue weighted by Crippen LogP contribution is 2.15. The number of hydrogen-bond donors (Lipinski definition) is 0. The molecule has 0 aromatic carbocycles. The first kappa shape index (κ1) is 11.4. The lowest BCUT2D eigenvalue weighted by molar-refractivity contribution is -0.134. The maximum absolute atomic E-state index is 10.8. The predicted molar refractivity (Wildman–Crippen MR) is 53.9 cm³/mol. The highest BCUT2D eigenvalue weighted by Gasteiger charge is 2.13. The van der Waals surface area contributed by atoms with Gasteiger partial charge in [0.15, 0.2) is 0 Å². The monoisotopic (exact) mass is 186 g/mol. The van der Waals surface area contributed by atoms with Crippen LogP contribution in [0.2, 0.25) is 25.7 Å². The second-order valence-corrected chi connectivity index (χ2v) is 9.73. The Labute approximate surface area is 75.6 Å². The molecule has 3 heteroatoms. The van der Waals surface area contributed by atoms with E-state index >= 15 is 0 Å². The van der Waals surface area contributed by atoms with Gasteiger partial charge in [-0.25, -0.2) is 4.79 Å². The third-order valence-electron chi connectivity index (χ3n) is 1.37. The van der Waals surface area contributed by atoms with Gasteiger partial charge < -0.3 is 4.74 Å². The van der Waals surface area contributed by atoms with Crippen LogP contribution in [0.25, 0.3) is 0 Å². The molecule has 0 N–H and O–H groups in total. The summed E-state index contributed by atoms with van der Waals surface area (Å²) >= 11 is 0. The summed E-state index contributed by atoms with van der Waals surface area (Å²) in [5.41, 5.74) is 1.13. The molecule has 0 saturated heterocycles. The van der Waals surface area contributed by atoms with Crippen LogP contribution >= 0.6 is 0 Å². The molecule has 0 atom stereocenters. The minimum absolute atomic E-state index is 0.245. The van der Waals surface area contributed by atoms with E-state index in [9.17, 15) is 4.79 Å². The van der Waals surface area contributed by atoms with E-state index in [1.165, 1.54) is 7.11 Å². The zero-order valence-corrected chi connectivity index (χ0v) is 9.60. The number of esters is 1. The lowest BCUT2D eigenvalue weighted by Crippen LogP contribution is -2.19. The minimum Gasteiger partial charge on any atom is -0.466 e. The van der Waals surface area contributed by atoms with E-state index in [-0.39, 0.29) is 5.97 Å². The summed E-state index contributed by atoms with van der Waals surface area (Å²) in [5, 5.41) is 0. The number of hydrogen-bond acceptors (Lipinski definition) is 2. The van der Waals surface area contributed by atoms with Crippen LogP contribution in [0, 0.1) is 0 Å².